The van der Waals surface area contributed by atoms with Gasteiger partial charge in [0.15, 0.2) is 0 Å². The van der Waals surface area contributed by atoms with Crippen molar-refractivity contribution in [3.63, 3.8) is 0 Å². The molecule has 3 aromatic carbocycles. The molecule has 0 saturated heterocycles. The molecule has 0 aliphatic heterocycles. The van der Waals surface area contributed by atoms with Gasteiger partial charge in [-0.1, -0.05) is 36.4 Å². The minimum absolute atomic E-state index is 0.0639. The van der Waals surface area contributed by atoms with Crippen LogP contribution in [0.15, 0.2) is 60.7 Å². The number of carbonyl (C=O) groups excluding carboxylic acids is 2. The molecule has 0 fully saturated rings. The van der Waals surface area contributed by atoms with E-state index in [1.165, 1.54) is 22.3 Å². The first kappa shape index (κ1) is 21.8. The maximum absolute atomic E-state index is 12.7. The highest BCUT2D eigenvalue weighted by Crippen LogP contribution is 2.39. The van der Waals surface area contributed by atoms with E-state index in [1.54, 1.807) is 0 Å². The summed E-state index contributed by atoms with van der Waals surface area (Å²) in [7, 11) is 0. The van der Waals surface area contributed by atoms with Gasteiger partial charge in [-0.25, -0.2) is 0 Å². The molecule has 0 heterocycles. The van der Waals surface area contributed by atoms with Crippen molar-refractivity contribution in [2.45, 2.75) is 39.5 Å². The van der Waals surface area contributed by atoms with E-state index in [0.717, 1.165) is 11.1 Å². The van der Waals surface area contributed by atoms with E-state index in [1.807, 2.05) is 70.2 Å². The molecular weight excluding hydrogens is 396 g/mol. The summed E-state index contributed by atoms with van der Waals surface area (Å²) >= 11 is 0. The van der Waals surface area contributed by atoms with Crippen LogP contribution >= 0.6 is 0 Å². The molecule has 0 saturated carbocycles. The van der Waals surface area contributed by atoms with Gasteiger partial charge in [0, 0.05) is 36.1 Å². The third-order valence-electron chi connectivity index (χ3n) is 6.76. The molecule has 0 radical (unpaired) electrons. The Balaban J connectivity index is 1.42. The first-order chi connectivity index (χ1) is 15.3. The number of fused-ring (bicyclic) bond motifs is 2. The number of aryl methyl sites for hydroxylation is 4. The minimum atomic E-state index is -0.0639. The second-order valence-electron chi connectivity index (χ2n) is 8.90. The van der Waals surface area contributed by atoms with E-state index in [-0.39, 0.29) is 23.7 Å². The topological polar surface area (TPSA) is 58.2 Å². The predicted molar refractivity (Wildman–Crippen MR) is 128 cm³/mol. The molecule has 3 aromatic rings. The van der Waals surface area contributed by atoms with Crippen LogP contribution < -0.4 is 10.6 Å². The molecule has 1 aliphatic rings. The Bertz CT molecular complexity index is 1090. The third kappa shape index (κ3) is 4.45. The lowest BCUT2D eigenvalue weighted by Gasteiger charge is -2.22. The van der Waals surface area contributed by atoms with Gasteiger partial charge in [-0.3, -0.25) is 9.59 Å². The Morgan fingerprint density at radius 2 is 1.06 bits per heavy atom. The quantitative estimate of drug-likeness (QED) is 0.585. The number of amides is 2. The van der Waals surface area contributed by atoms with Gasteiger partial charge in [0.2, 0.25) is 0 Å². The number of hydrogen-bond acceptors (Lipinski definition) is 2. The molecule has 2 bridgehead atoms. The Morgan fingerprint density at radius 1 is 0.625 bits per heavy atom. The zero-order valence-corrected chi connectivity index (χ0v) is 19.2. The van der Waals surface area contributed by atoms with E-state index in [4.69, 9.17) is 0 Å². The van der Waals surface area contributed by atoms with Crippen molar-refractivity contribution >= 4 is 11.8 Å². The normalized spacial score (nSPS) is 16.6. The summed E-state index contributed by atoms with van der Waals surface area (Å²) < 4.78 is 0. The molecule has 4 nitrogen and oxygen atoms in total. The average Bonchev–Trinajstić information content (AvgIpc) is 3.02. The van der Waals surface area contributed by atoms with Gasteiger partial charge in [-0.05, 0) is 85.3 Å². The SMILES string of the molecule is Cc1ccc(C(=O)NCC2c3cccc(c3)C2CNC(=O)c2ccc(C)c(C)c2)cc1C. The van der Waals surface area contributed by atoms with E-state index in [0.29, 0.717) is 24.2 Å². The molecule has 2 N–H and O–H groups in total. The zero-order chi connectivity index (χ0) is 22.8. The number of rotatable bonds is 6. The van der Waals surface area contributed by atoms with E-state index < -0.39 is 0 Å². The van der Waals surface area contributed by atoms with Crippen LogP contribution in [0.5, 0.6) is 0 Å². The summed E-state index contributed by atoms with van der Waals surface area (Å²) in [4.78, 5) is 25.5. The molecule has 2 atom stereocenters. The fourth-order valence-electron chi connectivity index (χ4n) is 4.38. The summed E-state index contributed by atoms with van der Waals surface area (Å²) in [5, 5.41) is 6.22. The first-order valence-corrected chi connectivity index (χ1v) is 11.1. The molecule has 2 unspecified atom stereocenters. The van der Waals surface area contributed by atoms with Crippen LogP contribution in [0.3, 0.4) is 0 Å². The van der Waals surface area contributed by atoms with Gasteiger partial charge in [-0.15, -0.1) is 0 Å². The van der Waals surface area contributed by atoms with E-state index in [9.17, 15) is 9.59 Å². The highest BCUT2D eigenvalue weighted by atomic mass is 16.2. The first-order valence-electron chi connectivity index (χ1n) is 11.1. The maximum Gasteiger partial charge on any atom is 0.251 e. The van der Waals surface area contributed by atoms with Crippen molar-refractivity contribution in [3.05, 3.63) is 105 Å². The van der Waals surface area contributed by atoms with Gasteiger partial charge in [0.1, 0.15) is 0 Å². The maximum atomic E-state index is 12.7. The molecule has 164 valence electrons. The van der Waals surface area contributed by atoms with Crippen LogP contribution in [0.1, 0.15) is 65.9 Å². The van der Waals surface area contributed by atoms with Crippen molar-refractivity contribution in [2.75, 3.05) is 13.1 Å². The van der Waals surface area contributed by atoms with Crippen molar-refractivity contribution in [2.24, 2.45) is 0 Å². The van der Waals surface area contributed by atoms with Crippen LogP contribution in [-0.2, 0) is 0 Å². The minimum Gasteiger partial charge on any atom is -0.351 e. The lowest BCUT2D eigenvalue weighted by atomic mass is 9.90. The summed E-state index contributed by atoms with van der Waals surface area (Å²) in [5.74, 6) is 0.142. The molecule has 4 rings (SSSR count). The molecular formula is C28H30N2O2. The molecule has 0 spiro atoms. The Kier molecular flexibility index (Phi) is 6.13. The number of carbonyl (C=O) groups is 2. The highest BCUT2D eigenvalue weighted by Gasteiger charge is 2.31. The predicted octanol–water partition coefficient (Wildman–Crippen LogP) is 4.96. The van der Waals surface area contributed by atoms with E-state index in [2.05, 4.69) is 28.8 Å². The summed E-state index contributed by atoms with van der Waals surface area (Å²) in [5.41, 5.74) is 8.33. The Morgan fingerprint density at radius 3 is 1.47 bits per heavy atom. The van der Waals surface area contributed by atoms with Crippen molar-refractivity contribution in [3.8, 4) is 0 Å². The highest BCUT2D eigenvalue weighted by molar-refractivity contribution is 5.95. The Hall–Kier alpha value is -3.40. The second kappa shape index (κ2) is 8.99. The van der Waals surface area contributed by atoms with Crippen molar-refractivity contribution < 1.29 is 9.59 Å². The third-order valence-corrected chi connectivity index (χ3v) is 6.76. The lowest BCUT2D eigenvalue weighted by Crippen LogP contribution is -2.34. The largest absolute Gasteiger partial charge is 0.351 e. The average molecular weight is 427 g/mol. The van der Waals surface area contributed by atoms with Gasteiger partial charge < -0.3 is 10.6 Å². The molecule has 1 aliphatic carbocycles. The monoisotopic (exact) mass is 426 g/mol. The van der Waals surface area contributed by atoms with Crippen LogP contribution in [0.2, 0.25) is 0 Å². The van der Waals surface area contributed by atoms with Gasteiger partial charge in [0.05, 0.1) is 0 Å². The van der Waals surface area contributed by atoms with Gasteiger partial charge in [0.25, 0.3) is 11.8 Å². The number of hydrogen-bond donors (Lipinski definition) is 2. The van der Waals surface area contributed by atoms with Crippen molar-refractivity contribution in [1.29, 1.82) is 0 Å². The molecule has 32 heavy (non-hydrogen) atoms. The Labute approximate surface area is 190 Å². The number of benzene rings is 3. The fraction of sp³-hybridized carbons (Fsp3) is 0.286. The summed E-state index contributed by atoms with van der Waals surface area (Å²) in [6.07, 6.45) is 0. The van der Waals surface area contributed by atoms with Crippen LogP contribution in [-0.4, -0.2) is 24.9 Å². The van der Waals surface area contributed by atoms with Gasteiger partial charge >= 0.3 is 0 Å². The molecule has 2 amide bonds. The fourth-order valence-corrected chi connectivity index (χ4v) is 4.38. The van der Waals surface area contributed by atoms with Crippen LogP contribution in [0, 0.1) is 27.7 Å². The lowest BCUT2D eigenvalue weighted by molar-refractivity contribution is 0.0934. The van der Waals surface area contributed by atoms with Crippen LogP contribution in [0.4, 0.5) is 0 Å². The summed E-state index contributed by atoms with van der Waals surface area (Å²) in [6.45, 7) is 9.18. The van der Waals surface area contributed by atoms with Crippen LogP contribution in [0.25, 0.3) is 0 Å². The molecule has 0 aromatic heterocycles. The smallest absolute Gasteiger partial charge is 0.251 e. The van der Waals surface area contributed by atoms with Gasteiger partial charge in [-0.2, -0.15) is 0 Å². The zero-order valence-electron chi connectivity index (χ0n) is 19.2. The van der Waals surface area contributed by atoms with Crippen molar-refractivity contribution in [1.82, 2.24) is 10.6 Å². The van der Waals surface area contributed by atoms with E-state index >= 15 is 0 Å². The summed E-state index contributed by atoms with van der Waals surface area (Å²) in [6, 6.07) is 20.0. The second-order valence-corrected chi connectivity index (χ2v) is 8.90. The standard InChI is InChI=1S/C28H30N2O2/c1-17-8-10-23(12-19(17)3)27(31)29-15-25-21-6-5-7-22(14-21)26(25)16-30-28(32)24-11-9-18(2)20(4)13-24/h5-14,25-26H,15-16H2,1-4H3,(H,29,31)(H,30,32). The molecule has 4 heteroatoms. The number of nitrogens with one attached hydrogen (secondary N) is 2.